The van der Waals surface area contributed by atoms with Crippen LogP contribution in [0.4, 0.5) is 5.69 Å². The van der Waals surface area contributed by atoms with Crippen molar-refractivity contribution in [1.82, 2.24) is 4.90 Å². The normalized spacial score (nSPS) is 14.5. The molecule has 1 heterocycles. The van der Waals surface area contributed by atoms with Crippen LogP contribution in [0.3, 0.4) is 0 Å². The summed E-state index contributed by atoms with van der Waals surface area (Å²) in [4.78, 5) is 26.0. The molecule has 4 nitrogen and oxygen atoms in total. The number of nitrogens with one attached hydrogen (secondary N) is 1. The largest absolute Gasteiger partial charge is 0.350 e. The van der Waals surface area contributed by atoms with Crippen LogP contribution in [0.15, 0.2) is 53.2 Å². The Morgan fingerprint density at radius 2 is 1.68 bits per heavy atom. The fourth-order valence-electron chi connectivity index (χ4n) is 2.41. The van der Waals surface area contributed by atoms with Crippen molar-refractivity contribution in [2.24, 2.45) is 0 Å². The highest BCUT2D eigenvalue weighted by atomic mass is 35.5. The molecule has 1 aliphatic heterocycles. The summed E-state index contributed by atoms with van der Waals surface area (Å²) in [6, 6.07) is 12.2. The molecule has 128 valence electrons. The van der Waals surface area contributed by atoms with E-state index in [0.29, 0.717) is 21.3 Å². The monoisotopic (exact) mass is 394 g/mol. The summed E-state index contributed by atoms with van der Waals surface area (Å²) < 4.78 is 0. The van der Waals surface area contributed by atoms with E-state index in [1.807, 2.05) is 13.0 Å². The van der Waals surface area contributed by atoms with Crippen molar-refractivity contribution >= 4 is 52.3 Å². The van der Waals surface area contributed by atoms with Crippen LogP contribution in [-0.4, -0.2) is 16.7 Å². The molecule has 7 heteroatoms. The number of amides is 2. The van der Waals surface area contributed by atoms with Crippen LogP contribution in [0.25, 0.3) is 0 Å². The van der Waals surface area contributed by atoms with Crippen molar-refractivity contribution in [1.29, 1.82) is 0 Å². The second-order valence-electron chi connectivity index (χ2n) is 5.57. The van der Waals surface area contributed by atoms with Crippen LogP contribution in [0.5, 0.6) is 0 Å². The highest BCUT2D eigenvalue weighted by Crippen LogP contribution is 2.29. The van der Waals surface area contributed by atoms with Gasteiger partial charge in [0.15, 0.2) is 0 Å². The molecule has 0 saturated carbocycles. The Balaban J connectivity index is 1.84. The molecule has 2 aromatic carbocycles. The van der Waals surface area contributed by atoms with E-state index in [1.54, 1.807) is 36.4 Å². The van der Waals surface area contributed by atoms with Crippen LogP contribution in [0.2, 0.25) is 10.0 Å². The molecule has 0 aromatic heterocycles. The van der Waals surface area contributed by atoms with E-state index in [1.165, 1.54) is 0 Å². The Labute approximate surface area is 160 Å². The number of rotatable bonds is 4. The molecule has 0 fully saturated rings. The molecule has 1 aliphatic rings. The second-order valence-corrected chi connectivity index (χ2v) is 6.76. The quantitative estimate of drug-likeness (QED) is 0.761. The van der Waals surface area contributed by atoms with Gasteiger partial charge in [0.25, 0.3) is 11.8 Å². The van der Waals surface area contributed by atoms with E-state index >= 15 is 0 Å². The minimum atomic E-state index is -0.563. The zero-order chi connectivity index (χ0) is 18.1. The molecule has 3 rings (SSSR count). The number of hydrogen-bond donors (Lipinski definition) is 1. The molecular formula is C18H13Cl3N2O2. The number of nitrogens with zero attached hydrogens (tertiary/aromatic N) is 1. The number of halogens is 3. The minimum Gasteiger partial charge on any atom is -0.350 e. The van der Waals surface area contributed by atoms with Gasteiger partial charge < -0.3 is 5.32 Å². The van der Waals surface area contributed by atoms with Crippen LogP contribution in [0.1, 0.15) is 11.1 Å². The number of carbonyl (C=O) groups is 2. The maximum absolute atomic E-state index is 12.6. The molecule has 1 N–H and O–H groups in total. The third-order valence-corrected chi connectivity index (χ3v) is 4.97. The first-order valence-corrected chi connectivity index (χ1v) is 8.54. The summed E-state index contributed by atoms with van der Waals surface area (Å²) in [5, 5.41) is 3.75. The lowest BCUT2D eigenvalue weighted by Gasteiger charge is -2.16. The Morgan fingerprint density at radius 3 is 2.36 bits per heavy atom. The first kappa shape index (κ1) is 17.8. The third kappa shape index (κ3) is 3.52. The van der Waals surface area contributed by atoms with Crippen molar-refractivity contribution in [2.75, 3.05) is 5.32 Å². The maximum atomic E-state index is 12.6. The van der Waals surface area contributed by atoms with Gasteiger partial charge >= 0.3 is 0 Å². The van der Waals surface area contributed by atoms with Crippen molar-refractivity contribution in [2.45, 2.75) is 13.5 Å². The predicted octanol–water partition coefficient (Wildman–Crippen LogP) is 4.73. The Hall–Kier alpha value is -2.01. The van der Waals surface area contributed by atoms with Crippen LogP contribution in [-0.2, 0) is 16.1 Å². The molecular weight excluding hydrogens is 383 g/mol. The van der Waals surface area contributed by atoms with Gasteiger partial charge in [-0.25, -0.2) is 0 Å². The molecule has 0 spiro atoms. The van der Waals surface area contributed by atoms with E-state index in [2.05, 4.69) is 5.32 Å². The maximum Gasteiger partial charge on any atom is 0.279 e. The summed E-state index contributed by atoms with van der Waals surface area (Å²) in [5.74, 6) is -1.07. The zero-order valence-corrected chi connectivity index (χ0v) is 15.4. The number of aryl methyl sites for hydroxylation is 1. The number of benzene rings is 2. The fraction of sp³-hybridized carbons (Fsp3) is 0.111. The van der Waals surface area contributed by atoms with E-state index in [0.717, 1.165) is 10.5 Å². The van der Waals surface area contributed by atoms with Gasteiger partial charge in [-0.15, -0.1) is 0 Å². The fourth-order valence-corrected chi connectivity index (χ4v) is 3.02. The van der Waals surface area contributed by atoms with Crippen LogP contribution >= 0.6 is 34.8 Å². The molecule has 0 unspecified atom stereocenters. The van der Waals surface area contributed by atoms with Crippen molar-refractivity contribution < 1.29 is 9.59 Å². The van der Waals surface area contributed by atoms with Crippen molar-refractivity contribution in [3.63, 3.8) is 0 Å². The first-order valence-electron chi connectivity index (χ1n) is 7.41. The van der Waals surface area contributed by atoms with Gasteiger partial charge in [-0.05, 0) is 36.2 Å². The second kappa shape index (κ2) is 7.08. The van der Waals surface area contributed by atoms with E-state index in [4.69, 9.17) is 34.8 Å². The SMILES string of the molecule is Cc1ccc(NC2=C(Cl)C(=O)N(Cc3ccccc3Cl)C2=O)cc1Cl. The average molecular weight is 396 g/mol. The first-order chi connectivity index (χ1) is 11.9. The highest BCUT2D eigenvalue weighted by molar-refractivity contribution is 6.48. The smallest absolute Gasteiger partial charge is 0.279 e. The lowest BCUT2D eigenvalue weighted by atomic mass is 10.2. The summed E-state index contributed by atoms with van der Waals surface area (Å²) in [6.07, 6.45) is 0. The number of anilines is 1. The van der Waals surface area contributed by atoms with Gasteiger partial charge in [0.2, 0.25) is 0 Å². The molecule has 25 heavy (non-hydrogen) atoms. The molecule has 0 atom stereocenters. The number of hydrogen-bond acceptors (Lipinski definition) is 3. The Bertz CT molecular complexity index is 909. The third-order valence-electron chi connectivity index (χ3n) is 3.84. The van der Waals surface area contributed by atoms with Gasteiger partial charge in [0, 0.05) is 15.7 Å². The van der Waals surface area contributed by atoms with Gasteiger partial charge in [0.05, 0.1) is 6.54 Å². The van der Waals surface area contributed by atoms with Crippen LogP contribution < -0.4 is 5.32 Å². The molecule has 0 bridgehead atoms. The lowest BCUT2D eigenvalue weighted by molar-refractivity contribution is -0.138. The van der Waals surface area contributed by atoms with Gasteiger partial charge in [-0.3, -0.25) is 14.5 Å². The molecule has 0 saturated heterocycles. The van der Waals surface area contributed by atoms with Crippen LogP contribution in [0, 0.1) is 6.92 Å². The zero-order valence-electron chi connectivity index (χ0n) is 13.1. The standard InChI is InChI=1S/C18H13Cl3N2O2/c1-10-6-7-12(8-14(10)20)22-16-15(21)17(24)23(18(16)25)9-11-4-2-3-5-13(11)19/h2-8,22H,9H2,1H3. The lowest BCUT2D eigenvalue weighted by Crippen LogP contribution is -2.31. The minimum absolute atomic E-state index is 0.0265. The topological polar surface area (TPSA) is 49.4 Å². The summed E-state index contributed by atoms with van der Waals surface area (Å²) >= 11 is 18.3. The molecule has 2 aromatic rings. The number of carbonyl (C=O) groups excluding carboxylic acids is 2. The van der Waals surface area contributed by atoms with Crippen molar-refractivity contribution in [3.05, 3.63) is 74.4 Å². The van der Waals surface area contributed by atoms with E-state index in [-0.39, 0.29) is 17.3 Å². The van der Waals surface area contributed by atoms with Gasteiger partial charge in [0.1, 0.15) is 10.7 Å². The summed E-state index contributed by atoms with van der Waals surface area (Å²) in [6.45, 7) is 1.92. The van der Waals surface area contributed by atoms with Gasteiger partial charge in [-0.2, -0.15) is 0 Å². The predicted molar refractivity (Wildman–Crippen MR) is 99.7 cm³/mol. The molecule has 2 amide bonds. The van der Waals surface area contributed by atoms with Gasteiger partial charge in [-0.1, -0.05) is 59.1 Å². The summed E-state index contributed by atoms with van der Waals surface area (Å²) in [5.41, 5.74) is 2.17. The summed E-state index contributed by atoms with van der Waals surface area (Å²) in [7, 11) is 0. The van der Waals surface area contributed by atoms with E-state index < -0.39 is 11.8 Å². The molecule has 0 aliphatic carbocycles. The van der Waals surface area contributed by atoms with Crippen molar-refractivity contribution in [3.8, 4) is 0 Å². The molecule has 0 radical (unpaired) electrons. The average Bonchev–Trinajstić information content (AvgIpc) is 2.78. The Kier molecular flexibility index (Phi) is 5.04. The van der Waals surface area contributed by atoms with E-state index in [9.17, 15) is 9.59 Å². The number of imide groups is 1. The highest BCUT2D eigenvalue weighted by Gasteiger charge is 2.38. The Morgan fingerprint density at radius 1 is 0.960 bits per heavy atom.